The van der Waals surface area contributed by atoms with Gasteiger partial charge in [-0.3, -0.25) is 16.6 Å². The molecule has 0 aromatic rings. The van der Waals surface area contributed by atoms with Crippen LogP contribution in [-0.4, -0.2) is 24.8 Å². The minimum absolute atomic E-state index is 0. The van der Waals surface area contributed by atoms with Crippen molar-refractivity contribution in [1.82, 2.24) is 5.32 Å². The number of Topliss-reactive ketones (excluding diaryl/α,β-unsaturated/α-hetero) is 1. The first-order valence-electron chi connectivity index (χ1n) is 3.01. The molecule has 0 aliphatic carbocycles. The predicted molar refractivity (Wildman–Crippen MR) is 38.7 cm³/mol. The Bertz CT molecular complexity index is 193. The molecule has 0 aromatic carbocycles. The van der Waals surface area contributed by atoms with Gasteiger partial charge in [0.05, 0.1) is 0 Å². The van der Waals surface area contributed by atoms with Gasteiger partial charge in [-0.1, -0.05) is 0 Å². The average Bonchev–Trinajstić information content (AvgIpc) is 1.98. The van der Waals surface area contributed by atoms with Crippen molar-refractivity contribution in [2.75, 3.05) is 7.05 Å². The van der Waals surface area contributed by atoms with Crippen LogP contribution in [0.5, 0.6) is 0 Å². The Hall–Kier alpha value is -0.702. The molecule has 0 saturated heterocycles. The molecule has 0 fully saturated rings. The standard InChI is InChI=1S/C6H10N3O2.W/c1-4(10)5(9-8-3)6(11)7-2;/h5H,3H2,1-2H3,(H,7,11);/q-1;. The summed E-state index contributed by atoms with van der Waals surface area (Å²) in [6.45, 7) is 1.27. The molecule has 0 saturated carbocycles. The summed E-state index contributed by atoms with van der Waals surface area (Å²) >= 11 is 0. The van der Waals surface area contributed by atoms with Crippen molar-refractivity contribution in [3.8, 4) is 0 Å². The van der Waals surface area contributed by atoms with Crippen molar-refractivity contribution in [2.24, 2.45) is 10.2 Å². The fraction of sp³-hybridized carbons (Fsp3) is 0.500. The second-order valence-electron chi connectivity index (χ2n) is 1.88. The van der Waals surface area contributed by atoms with Gasteiger partial charge in [-0.15, -0.1) is 0 Å². The molecule has 0 heterocycles. The average molecular weight is 340 g/mol. The Labute approximate surface area is 85.3 Å². The van der Waals surface area contributed by atoms with Gasteiger partial charge in [-0.2, -0.15) is 0 Å². The van der Waals surface area contributed by atoms with Gasteiger partial charge in [0.15, 0.2) is 5.78 Å². The maximum absolute atomic E-state index is 10.8. The first-order chi connectivity index (χ1) is 5.13. The van der Waals surface area contributed by atoms with Gasteiger partial charge in [0.1, 0.15) is 0 Å². The van der Waals surface area contributed by atoms with E-state index in [4.69, 9.17) is 0 Å². The minimum Gasteiger partial charge on any atom is -0.357 e. The van der Waals surface area contributed by atoms with Crippen molar-refractivity contribution in [1.29, 1.82) is 0 Å². The molecule has 0 bridgehead atoms. The predicted octanol–water partition coefficient (Wildman–Crippen LogP) is -0.0687. The molecule has 0 spiro atoms. The number of azo groups is 1. The number of amides is 1. The molecule has 1 unspecified atom stereocenters. The molecule has 68 valence electrons. The van der Waals surface area contributed by atoms with Gasteiger partial charge in [-0.25, -0.2) is 5.11 Å². The number of likely N-dealkylation sites (N-methyl/N-ethyl adjacent to an activating group) is 1. The number of carbonyl (C=O) groups excluding carboxylic acids is 2. The summed E-state index contributed by atoms with van der Waals surface area (Å²) in [5.41, 5.74) is 0. The second kappa shape index (κ2) is 6.98. The van der Waals surface area contributed by atoms with Gasteiger partial charge < -0.3 is 10.4 Å². The van der Waals surface area contributed by atoms with Crippen molar-refractivity contribution in [2.45, 2.75) is 13.0 Å². The fourth-order valence-electron chi connectivity index (χ4n) is 0.537. The van der Waals surface area contributed by atoms with Crippen LogP contribution >= 0.6 is 0 Å². The van der Waals surface area contributed by atoms with Crippen LogP contribution in [0.2, 0.25) is 0 Å². The first kappa shape index (κ1) is 13.9. The Kier molecular flexibility index (Phi) is 8.06. The van der Waals surface area contributed by atoms with Crippen LogP contribution in [0.3, 0.4) is 0 Å². The molecule has 6 heteroatoms. The third kappa shape index (κ3) is 4.23. The normalized spacial score (nSPS) is 11.8. The van der Waals surface area contributed by atoms with Gasteiger partial charge in [0, 0.05) is 28.1 Å². The summed E-state index contributed by atoms with van der Waals surface area (Å²) in [6, 6.07) is -1.04. The Morgan fingerprint density at radius 2 is 2.00 bits per heavy atom. The van der Waals surface area contributed by atoms with Crippen LogP contribution in [0.4, 0.5) is 0 Å². The van der Waals surface area contributed by atoms with Gasteiger partial charge in [0.25, 0.3) is 5.91 Å². The molecule has 0 radical (unpaired) electrons. The van der Waals surface area contributed by atoms with Crippen molar-refractivity contribution in [3.63, 3.8) is 0 Å². The molecule has 0 aliphatic rings. The van der Waals surface area contributed by atoms with E-state index in [0.29, 0.717) is 0 Å². The van der Waals surface area contributed by atoms with Crippen LogP contribution in [-0.2, 0) is 30.7 Å². The van der Waals surface area contributed by atoms with E-state index in [2.05, 4.69) is 22.6 Å². The first-order valence-corrected chi connectivity index (χ1v) is 3.01. The van der Waals surface area contributed by atoms with Gasteiger partial charge in [-0.05, 0) is 6.92 Å². The molecular weight excluding hydrogens is 330 g/mol. The number of nitrogens with one attached hydrogen (secondary N) is 1. The number of nitrogens with zero attached hydrogens (tertiary/aromatic N) is 2. The summed E-state index contributed by atoms with van der Waals surface area (Å²) in [7, 11) is 4.48. The molecule has 0 aliphatic heterocycles. The van der Waals surface area contributed by atoms with Crippen molar-refractivity contribution < 1.29 is 30.7 Å². The van der Waals surface area contributed by atoms with E-state index in [1.165, 1.54) is 14.0 Å². The fourth-order valence-corrected chi connectivity index (χ4v) is 0.537. The summed E-state index contributed by atoms with van der Waals surface area (Å²) < 4.78 is 0. The van der Waals surface area contributed by atoms with E-state index in [1.54, 1.807) is 0 Å². The molecule has 1 N–H and O–H groups in total. The Morgan fingerprint density at radius 3 is 2.25 bits per heavy atom. The molecule has 1 atom stereocenters. The van der Waals surface area contributed by atoms with Gasteiger partial charge >= 0.3 is 0 Å². The Morgan fingerprint density at radius 1 is 1.50 bits per heavy atom. The number of ketones is 1. The van der Waals surface area contributed by atoms with E-state index in [-0.39, 0.29) is 26.8 Å². The van der Waals surface area contributed by atoms with Crippen LogP contribution in [0.25, 0.3) is 0 Å². The van der Waals surface area contributed by atoms with Crippen LogP contribution in [0.15, 0.2) is 10.2 Å². The minimum atomic E-state index is -1.04. The van der Waals surface area contributed by atoms with Gasteiger partial charge in [0.2, 0.25) is 6.04 Å². The summed E-state index contributed by atoms with van der Waals surface area (Å²) in [5, 5.41) is 8.76. The second-order valence-corrected chi connectivity index (χ2v) is 1.88. The zero-order chi connectivity index (χ0) is 8.85. The monoisotopic (exact) mass is 340 g/mol. The summed E-state index contributed by atoms with van der Waals surface area (Å²) in [5.74, 6) is -0.818. The van der Waals surface area contributed by atoms with Crippen LogP contribution < -0.4 is 5.32 Å². The summed E-state index contributed by atoms with van der Waals surface area (Å²) in [4.78, 5) is 21.5. The van der Waals surface area contributed by atoms with E-state index >= 15 is 0 Å². The number of hydrogen-bond acceptors (Lipinski definition) is 4. The smallest absolute Gasteiger partial charge is 0.254 e. The van der Waals surface area contributed by atoms with Crippen LogP contribution in [0, 0.1) is 7.05 Å². The molecule has 0 aromatic heterocycles. The third-order valence-corrected chi connectivity index (χ3v) is 1.08. The SMILES string of the molecule is [CH2-]N=NC(C(C)=O)C(=O)NC.[W]. The van der Waals surface area contributed by atoms with Crippen molar-refractivity contribution in [3.05, 3.63) is 7.05 Å². The van der Waals surface area contributed by atoms with Crippen LogP contribution in [0.1, 0.15) is 6.92 Å². The molecule has 0 rings (SSSR count). The third-order valence-electron chi connectivity index (χ3n) is 1.08. The topological polar surface area (TPSA) is 70.9 Å². The quantitative estimate of drug-likeness (QED) is 0.444. The van der Waals surface area contributed by atoms with Crippen molar-refractivity contribution >= 4 is 11.7 Å². The van der Waals surface area contributed by atoms with E-state index in [1.807, 2.05) is 0 Å². The number of carbonyl (C=O) groups is 2. The summed E-state index contributed by atoms with van der Waals surface area (Å²) in [6.07, 6.45) is 0. The largest absolute Gasteiger partial charge is 0.357 e. The molecular formula is C6H10N3O2W-. The zero-order valence-electron chi connectivity index (χ0n) is 6.90. The molecule has 1 amide bonds. The molecule has 12 heavy (non-hydrogen) atoms. The zero-order valence-corrected chi connectivity index (χ0v) is 9.84. The number of rotatable bonds is 3. The van der Waals surface area contributed by atoms with E-state index in [9.17, 15) is 9.59 Å². The molecule has 5 nitrogen and oxygen atoms in total. The van der Waals surface area contributed by atoms with E-state index < -0.39 is 11.9 Å². The maximum atomic E-state index is 10.8. The maximum Gasteiger partial charge on any atom is 0.254 e. The van der Waals surface area contributed by atoms with E-state index in [0.717, 1.165) is 0 Å². The number of hydrogen-bond donors (Lipinski definition) is 1. The Balaban J connectivity index is 0.